The molecule has 1 heterocycles. The van der Waals surface area contributed by atoms with Gasteiger partial charge in [0.05, 0.1) is 13.7 Å². The van der Waals surface area contributed by atoms with E-state index in [4.69, 9.17) is 9.47 Å². The van der Waals surface area contributed by atoms with Gasteiger partial charge in [-0.1, -0.05) is 0 Å². The standard InChI is InChI=1S/C15H22N2O3/c1-3-20-14-9-12(6-7-13(14)19-2)17-15(18)10-11-5-4-8-16-11/h6-7,9,11,16H,3-5,8,10H2,1-2H3,(H,17,18). The molecule has 0 radical (unpaired) electrons. The van der Waals surface area contributed by atoms with Gasteiger partial charge in [-0.25, -0.2) is 0 Å². The minimum Gasteiger partial charge on any atom is -0.493 e. The first kappa shape index (κ1) is 14.7. The van der Waals surface area contributed by atoms with Crippen molar-refractivity contribution in [2.75, 3.05) is 25.6 Å². The third-order valence-electron chi connectivity index (χ3n) is 3.34. The minimum atomic E-state index is 0.0250. The summed E-state index contributed by atoms with van der Waals surface area (Å²) < 4.78 is 10.7. The number of benzene rings is 1. The molecule has 110 valence electrons. The zero-order chi connectivity index (χ0) is 14.4. The van der Waals surface area contributed by atoms with Crippen LogP contribution in [0.3, 0.4) is 0 Å². The fourth-order valence-electron chi connectivity index (χ4n) is 2.39. The number of hydrogen-bond acceptors (Lipinski definition) is 4. The molecule has 1 aromatic carbocycles. The fourth-order valence-corrected chi connectivity index (χ4v) is 2.39. The lowest BCUT2D eigenvalue weighted by Crippen LogP contribution is -2.27. The molecule has 1 aromatic rings. The number of methoxy groups -OCH3 is 1. The molecule has 5 nitrogen and oxygen atoms in total. The maximum atomic E-state index is 12.0. The van der Waals surface area contributed by atoms with E-state index in [2.05, 4.69) is 10.6 Å². The second-order valence-electron chi connectivity index (χ2n) is 4.84. The van der Waals surface area contributed by atoms with Crippen LogP contribution in [0.25, 0.3) is 0 Å². The molecule has 0 saturated carbocycles. The molecule has 0 aliphatic carbocycles. The number of nitrogens with one attached hydrogen (secondary N) is 2. The highest BCUT2D eigenvalue weighted by atomic mass is 16.5. The van der Waals surface area contributed by atoms with E-state index in [1.54, 1.807) is 19.2 Å². The Kier molecular flexibility index (Phi) is 5.24. The van der Waals surface area contributed by atoms with Crippen LogP contribution < -0.4 is 20.1 Å². The van der Waals surface area contributed by atoms with Crippen molar-refractivity contribution in [1.82, 2.24) is 5.32 Å². The van der Waals surface area contributed by atoms with Crippen molar-refractivity contribution in [1.29, 1.82) is 0 Å². The summed E-state index contributed by atoms with van der Waals surface area (Å²) in [6.45, 7) is 3.48. The van der Waals surface area contributed by atoms with Gasteiger partial charge in [-0.15, -0.1) is 0 Å². The smallest absolute Gasteiger partial charge is 0.225 e. The minimum absolute atomic E-state index is 0.0250. The number of ether oxygens (including phenoxy) is 2. The van der Waals surface area contributed by atoms with Gasteiger partial charge in [0, 0.05) is 24.2 Å². The maximum Gasteiger partial charge on any atom is 0.225 e. The van der Waals surface area contributed by atoms with Gasteiger partial charge in [-0.3, -0.25) is 4.79 Å². The van der Waals surface area contributed by atoms with E-state index in [-0.39, 0.29) is 5.91 Å². The van der Waals surface area contributed by atoms with Gasteiger partial charge in [0.25, 0.3) is 0 Å². The Morgan fingerprint density at radius 2 is 2.30 bits per heavy atom. The number of carbonyl (C=O) groups excluding carboxylic acids is 1. The quantitative estimate of drug-likeness (QED) is 0.837. The monoisotopic (exact) mass is 278 g/mol. The highest BCUT2D eigenvalue weighted by Gasteiger charge is 2.18. The van der Waals surface area contributed by atoms with Gasteiger partial charge in [-0.2, -0.15) is 0 Å². The molecular formula is C15H22N2O3. The first-order chi connectivity index (χ1) is 9.72. The lowest BCUT2D eigenvalue weighted by molar-refractivity contribution is -0.116. The molecule has 1 unspecified atom stereocenters. The van der Waals surface area contributed by atoms with Crippen molar-refractivity contribution in [3.63, 3.8) is 0 Å². The lowest BCUT2D eigenvalue weighted by Gasteiger charge is -2.13. The van der Waals surface area contributed by atoms with Crippen molar-refractivity contribution < 1.29 is 14.3 Å². The molecule has 20 heavy (non-hydrogen) atoms. The average molecular weight is 278 g/mol. The molecule has 1 aliphatic heterocycles. The maximum absolute atomic E-state index is 12.0. The van der Waals surface area contributed by atoms with E-state index in [9.17, 15) is 4.79 Å². The van der Waals surface area contributed by atoms with Gasteiger partial charge >= 0.3 is 0 Å². The van der Waals surface area contributed by atoms with E-state index >= 15 is 0 Å². The molecule has 0 bridgehead atoms. The molecule has 2 rings (SSSR count). The highest BCUT2D eigenvalue weighted by molar-refractivity contribution is 5.91. The Morgan fingerprint density at radius 1 is 1.45 bits per heavy atom. The van der Waals surface area contributed by atoms with Crippen LogP contribution in [0.2, 0.25) is 0 Å². The van der Waals surface area contributed by atoms with Gasteiger partial charge in [0.15, 0.2) is 11.5 Å². The molecular weight excluding hydrogens is 256 g/mol. The van der Waals surface area contributed by atoms with Crippen molar-refractivity contribution >= 4 is 11.6 Å². The summed E-state index contributed by atoms with van der Waals surface area (Å²) in [4.78, 5) is 12.0. The van der Waals surface area contributed by atoms with E-state index in [1.807, 2.05) is 13.0 Å². The van der Waals surface area contributed by atoms with Crippen molar-refractivity contribution in [3.05, 3.63) is 18.2 Å². The van der Waals surface area contributed by atoms with Crippen LogP contribution >= 0.6 is 0 Å². The zero-order valence-electron chi connectivity index (χ0n) is 12.1. The van der Waals surface area contributed by atoms with Crippen LogP contribution in [0.5, 0.6) is 11.5 Å². The number of amides is 1. The SMILES string of the molecule is CCOc1cc(NC(=O)CC2CCCN2)ccc1OC. The summed E-state index contributed by atoms with van der Waals surface area (Å²) in [5, 5.41) is 6.22. The lowest BCUT2D eigenvalue weighted by atomic mass is 10.1. The van der Waals surface area contributed by atoms with Crippen LogP contribution in [-0.2, 0) is 4.79 Å². The van der Waals surface area contributed by atoms with Crippen LogP contribution in [-0.4, -0.2) is 32.2 Å². The first-order valence-electron chi connectivity index (χ1n) is 7.07. The van der Waals surface area contributed by atoms with E-state index in [0.29, 0.717) is 30.6 Å². The summed E-state index contributed by atoms with van der Waals surface area (Å²) >= 11 is 0. The summed E-state index contributed by atoms with van der Waals surface area (Å²) in [6, 6.07) is 5.72. The van der Waals surface area contributed by atoms with Crippen LogP contribution in [0.15, 0.2) is 18.2 Å². The zero-order valence-corrected chi connectivity index (χ0v) is 12.1. The summed E-state index contributed by atoms with van der Waals surface area (Å²) in [6.07, 6.45) is 2.73. The number of carbonyl (C=O) groups is 1. The number of rotatable bonds is 6. The molecule has 1 atom stereocenters. The number of hydrogen-bond donors (Lipinski definition) is 2. The molecule has 5 heteroatoms. The summed E-state index contributed by atoms with van der Waals surface area (Å²) in [5.74, 6) is 1.34. The Labute approximate surface area is 119 Å². The second kappa shape index (κ2) is 7.14. The number of anilines is 1. The van der Waals surface area contributed by atoms with Gasteiger partial charge in [0.1, 0.15) is 0 Å². The largest absolute Gasteiger partial charge is 0.493 e. The third-order valence-corrected chi connectivity index (χ3v) is 3.34. The van der Waals surface area contributed by atoms with Gasteiger partial charge < -0.3 is 20.1 Å². The van der Waals surface area contributed by atoms with Crippen molar-refractivity contribution in [2.24, 2.45) is 0 Å². The molecule has 1 saturated heterocycles. The van der Waals surface area contributed by atoms with Crippen LogP contribution in [0, 0.1) is 0 Å². The Balaban J connectivity index is 1.97. The Hall–Kier alpha value is -1.75. The van der Waals surface area contributed by atoms with E-state index in [0.717, 1.165) is 25.1 Å². The Morgan fingerprint density at radius 3 is 2.95 bits per heavy atom. The second-order valence-corrected chi connectivity index (χ2v) is 4.84. The highest BCUT2D eigenvalue weighted by Crippen LogP contribution is 2.30. The molecule has 0 aromatic heterocycles. The van der Waals surface area contributed by atoms with Crippen LogP contribution in [0.1, 0.15) is 26.2 Å². The third kappa shape index (κ3) is 3.87. The predicted molar refractivity (Wildman–Crippen MR) is 78.4 cm³/mol. The molecule has 1 fully saturated rings. The van der Waals surface area contributed by atoms with Crippen LogP contribution in [0.4, 0.5) is 5.69 Å². The molecule has 1 aliphatic rings. The van der Waals surface area contributed by atoms with Crippen molar-refractivity contribution in [3.8, 4) is 11.5 Å². The normalized spacial score (nSPS) is 17.8. The fraction of sp³-hybridized carbons (Fsp3) is 0.533. The predicted octanol–water partition coefficient (Wildman–Crippen LogP) is 2.17. The average Bonchev–Trinajstić information content (AvgIpc) is 2.92. The molecule has 0 spiro atoms. The van der Waals surface area contributed by atoms with Gasteiger partial charge in [-0.05, 0) is 38.4 Å². The van der Waals surface area contributed by atoms with Gasteiger partial charge in [0.2, 0.25) is 5.91 Å². The molecule has 1 amide bonds. The Bertz CT molecular complexity index is 456. The summed E-state index contributed by atoms with van der Waals surface area (Å²) in [7, 11) is 1.60. The molecule has 2 N–H and O–H groups in total. The van der Waals surface area contributed by atoms with E-state index in [1.165, 1.54) is 0 Å². The van der Waals surface area contributed by atoms with E-state index < -0.39 is 0 Å². The first-order valence-corrected chi connectivity index (χ1v) is 7.07. The topological polar surface area (TPSA) is 59.6 Å². The summed E-state index contributed by atoms with van der Waals surface area (Å²) in [5.41, 5.74) is 0.734. The van der Waals surface area contributed by atoms with Crippen molar-refractivity contribution in [2.45, 2.75) is 32.2 Å².